The third-order valence-corrected chi connectivity index (χ3v) is 4.73. The predicted octanol–water partition coefficient (Wildman–Crippen LogP) is 3.47. The topological polar surface area (TPSA) is 60.9 Å². The van der Waals surface area contributed by atoms with Gasteiger partial charge in [-0.25, -0.2) is 4.98 Å². The third kappa shape index (κ3) is 3.18. The monoisotopic (exact) mass is 348 g/mol. The summed E-state index contributed by atoms with van der Waals surface area (Å²) >= 11 is 1.62. The highest BCUT2D eigenvalue weighted by atomic mass is 32.2. The zero-order chi connectivity index (χ0) is 17.1. The molecule has 0 unspecified atom stereocenters. The van der Waals surface area contributed by atoms with Crippen molar-refractivity contribution in [3.63, 3.8) is 0 Å². The summed E-state index contributed by atoms with van der Waals surface area (Å²) in [5, 5.41) is 9.55. The molecule has 0 saturated heterocycles. The average Bonchev–Trinajstić information content (AvgIpc) is 3.24. The summed E-state index contributed by atoms with van der Waals surface area (Å²) in [4.78, 5) is 8.68. The van der Waals surface area contributed by atoms with Crippen LogP contribution in [-0.4, -0.2) is 29.1 Å². The van der Waals surface area contributed by atoms with Gasteiger partial charge in [0, 0.05) is 42.6 Å². The third-order valence-electron chi connectivity index (χ3n) is 3.73. The van der Waals surface area contributed by atoms with Gasteiger partial charge < -0.3 is 4.40 Å². The van der Waals surface area contributed by atoms with Crippen LogP contribution in [0.2, 0.25) is 0 Å². The summed E-state index contributed by atoms with van der Waals surface area (Å²) in [5.74, 6) is 1.55. The van der Waals surface area contributed by atoms with Crippen molar-refractivity contribution >= 4 is 17.4 Å². The van der Waals surface area contributed by atoms with Gasteiger partial charge in [0.25, 0.3) is 0 Å². The first-order valence-electron chi connectivity index (χ1n) is 7.85. The fourth-order valence-corrected chi connectivity index (χ4v) is 3.43. The molecule has 4 rings (SSSR count). The van der Waals surface area contributed by atoms with Gasteiger partial charge in [-0.05, 0) is 24.3 Å². The maximum Gasteiger partial charge on any atom is 0.192 e. The Labute approximate surface area is 149 Å². The van der Waals surface area contributed by atoms with Gasteiger partial charge in [0.05, 0.1) is 5.69 Å². The molecule has 0 fully saturated rings. The lowest BCUT2D eigenvalue weighted by Gasteiger charge is -2.06. The Morgan fingerprint density at radius 1 is 1.12 bits per heavy atom. The van der Waals surface area contributed by atoms with E-state index >= 15 is 0 Å². The summed E-state index contributed by atoms with van der Waals surface area (Å²) in [6, 6.07) is 9.84. The van der Waals surface area contributed by atoms with Crippen molar-refractivity contribution < 1.29 is 0 Å². The predicted molar refractivity (Wildman–Crippen MR) is 98.2 cm³/mol. The van der Waals surface area contributed by atoms with Crippen molar-refractivity contribution in [3.05, 3.63) is 73.5 Å². The SMILES string of the molecule is C=CCn1c(SCc2cn3ccccc3n2)nnc1-c1ccncc1. The number of thioether (sulfide) groups is 1. The zero-order valence-corrected chi connectivity index (χ0v) is 14.3. The number of rotatable bonds is 6. The fourth-order valence-electron chi connectivity index (χ4n) is 2.60. The lowest BCUT2D eigenvalue weighted by Crippen LogP contribution is -2.00. The van der Waals surface area contributed by atoms with Crippen LogP contribution in [0, 0.1) is 0 Å². The van der Waals surface area contributed by atoms with E-state index in [0.29, 0.717) is 6.54 Å². The lowest BCUT2D eigenvalue weighted by molar-refractivity contribution is 0.731. The second kappa shape index (κ2) is 6.90. The first-order chi connectivity index (χ1) is 12.3. The molecule has 124 valence electrons. The van der Waals surface area contributed by atoms with E-state index in [1.807, 2.05) is 53.2 Å². The summed E-state index contributed by atoms with van der Waals surface area (Å²) in [6.07, 6.45) is 9.40. The molecule has 0 aliphatic heterocycles. The van der Waals surface area contributed by atoms with Gasteiger partial charge in [-0.1, -0.05) is 23.9 Å². The maximum absolute atomic E-state index is 4.62. The molecule has 0 radical (unpaired) electrons. The molecule has 0 aliphatic carbocycles. The van der Waals surface area contributed by atoms with Gasteiger partial charge in [0.2, 0.25) is 0 Å². The van der Waals surface area contributed by atoms with Crippen molar-refractivity contribution in [2.75, 3.05) is 0 Å². The standard InChI is InChI=1S/C18H16N6S/c1-2-10-24-17(14-6-8-19-9-7-14)21-22-18(24)25-13-15-12-23-11-4-3-5-16(23)20-15/h2-9,11-12H,1,10,13H2. The number of aromatic nitrogens is 6. The van der Waals surface area contributed by atoms with Crippen molar-refractivity contribution in [1.29, 1.82) is 0 Å². The van der Waals surface area contributed by atoms with Crippen LogP contribution in [0.15, 0.2) is 72.9 Å². The Hall–Kier alpha value is -2.93. The average molecular weight is 348 g/mol. The molecule has 4 aromatic rings. The van der Waals surface area contributed by atoms with Crippen molar-refractivity contribution in [3.8, 4) is 11.4 Å². The van der Waals surface area contributed by atoms with E-state index in [4.69, 9.17) is 0 Å². The molecule has 0 aliphatic rings. The first kappa shape index (κ1) is 15.6. The molecule has 4 aromatic heterocycles. The van der Waals surface area contributed by atoms with Crippen LogP contribution in [-0.2, 0) is 12.3 Å². The summed E-state index contributed by atoms with van der Waals surface area (Å²) < 4.78 is 4.08. The second-order valence-electron chi connectivity index (χ2n) is 5.43. The Morgan fingerprint density at radius 3 is 2.80 bits per heavy atom. The molecule has 25 heavy (non-hydrogen) atoms. The number of nitrogens with zero attached hydrogens (tertiary/aromatic N) is 6. The van der Waals surface area contributed by atoms with Crippen molar-refractivity contribution in [2.45, 2.75) is 17.5 Å². The smallest absolute Gasteiger partial charge is 0.192 e. The van der Waals surface area contributed by atoms with Gasteiger partial charge in [0.15, 0.2) is 11.0 Å². The molecule has 0 N–H and O–H groups in total. The van der Waals surface area contributed by atoms with E-state index < -0.39 is 0 Å². The Balaban J connectivity index is 1.59. The molecule has 0 saturated carbocycles. The molecule has 0 spiro atoms. The number of pyridine rings is 2. The highest BCUT2D eigenvalue weighted by molar-refractivity contribution is 7.98. The van der Waals surface area contributed by atoms with Crippen LogP contribution in [0.4, 0.5) is 0 Å². The van der Waals surface area contributed by atoms with Crippen molar-refractivity contribution in [1.82, 2.24) is 29.1 Å². The molecule has 0 atom stereocenters. The van der Waals surface area contributed by atoms with Gasteiger partial charge in [0.1, 0.15) is 5.65 Å². The molecule has 7 heteroatoms. The van der Waals surface area contributed by atoms with Crippen LogP contribution in [0.25, 0.3) is 17.0 Å². The minimum atomic E-state index is 0.651. The van der Waals surface area contributed by atoms with E-state index in [9.17, 15) is 0 Å². The second-order valence-corrected chi connectivity index (χ2v) is 6.37. The number of fused-ring (bicyclic) bond motifs is 1. The number of imidazole rings is 1. The first-order valence-corrected chi connectivity index (χ1v) is 8.83. The van der Waals surface area contributed by atoms with Gasteiger partial charge in [-0.15, -0.1) is 16.8 Å². The fraction of sp³-hybridized carbons (Fsp3) is 0.111. The lowest BCUT2D eigenvalue weighted by atomic mass is 10.2. The molecular weight excluding hydrogens is 332 g/mol. The largest absolute Gasteiger partial charge is 0.307 e. The normalized spacial score (nSPS) is 11.0. The molecule has 0 bridgehead atoms. The van der Waals surface area contributed by atoms with E-state index in [1.54, 1.807) is 24.2 Å². The van der Waals surface area contributed by atoms with E-state index in [-0.39, 0.29) is 0 Å². The molecule has 6 nitrogen and oxygen atoms in total. The summed E-state index contributed by atoms with van der Waals surface area (Å²) in [7, 11) is 0. The van der Waals surface area contributed by atoms with Crippen molar-refractivity contribution in [2.24, 2.45) is 0 Å². The molecule has 0 amide bonds. The van der Waals surface area contributed by atoms with E-state index in [2.05, 4.69) is 31.3 Å². The highest BCUT2D eigenvalue weighted by Crippen LogP contribution is 2.26. The summed E-state index contributed by atoms with van der Waals surface area (Å²) in [5.41, 5.74) is 2.95. The Kier molecular flexibility index (Phi) is 4.30. The zero-order valence-electron chi connectivity index (χ0n) is 13.5. The van der Waals surface area contributed by atoms with Crippen LogP contribution < -0.4 is 0 Å². The van der Waals surface area contributed by atoms with Crippen LogP contribution in [0.5, 0.6) is 0 Å². The van der Waals surface area contributed by atoms with Gasteiger partial charge >= 0.3 is 0 Å². The Bertz CT molecular complexity index is 972. The molecule has 4 heterocycles. The maximum atomic E-state index is 4.62. The minimum absolute atomic E-state index is 0.651. The molecule has 0 aromatic carbocycles. The van der Waals surface area contributed by atoms with Gasteiger partial charge in [-0.3, -0.25) is 9.55 Å². The number of allylic oxidation sites excluding steroid dienone is 1. The summed E-state index contributed by atoms with van der Waals surface area (Å²) in [6.45, 7) is 4.50. The Morgan fingerprint density at radius 2 is 2.00 bits per heavy atom. The van der Waals surface area contributed by atoms with Gasteiger partial charge in [-0.2, -0.15) is 0 Å². The van der Waals surface area contributed by atoms with Crippen LogP contribution in [0.3, 0.4) is 0 Å². The van der Waals surface area contributed by atoms with Crippen LogP contribution >= 0.6 is 11.8 Å². The minimum Gasteiger partial charge on any atom is -0.307 e. The molecular formula is C18H16N6S. The number of hydrogen-bond acceptors (Lipinski definition) is 5. The van der Waals surface area contributed by atoms with E-state index in [0.717, 1.165) is 33.6 Å². The quantitative estimate of drug-likeness (QED) is 0.394. The van der Waals surface area contributed by atoms with E-state index in [1.165, 1.54) is 0 Å². The van der Waals surface area contributed by atoms with Crippen LogP contribution in [0.1, 0.15) is 5.69 Å². The highest BCUT2D eigenvalue weighted by Gasteiger charge is 2.14. The number of hydrogen-bond donors (Lipinski definition) is 0.